The average Bonchev–Trinajstić information content (AvgIpc) is 2.14. The summed E-state index contributed by atoms with van der Waals surface area (Å²) in [7, 11) is 0. The van der Waals surface area contributed by atoms with E-state index in [2.05, 4.69) is 0 Å². The minimum Gasteiger partial charge on any atom is -0.492 e. The predicted molar refractivity (Wildman–Crippen MR) is 55.3 cm³/mol. The standard InChI is InChI=1S/C10H13ClFNO/c1-2-14-10-6-9(12)7(3-4-13)5-8(10)11/h5-6H,2-4,13H2,1H3. The molecule has 0 heterocycles. The molecule has 1 rings (SSSR count). The van der Waals surface area contributed by atoms with Gasteiger partial charge in [-0.3, -0.25) is 0 Å². The second-order valence-electron chi connectivity index (χ2n) is 2.85. The summed E-state index contributed by atoms with van der Waals surface area (Å²) in [6.07, 6.45) is 0.484. The van der Waals surface area contributed by atoms with Gasteiger partial charge in [-0.05, 0) is 31.5 Å². The van der Waals surface area contributed by atoms with Crippen LogP contribution in [0, 0.1) is 5.82 Å². The molecular weight excluding hydrogens is 205 g/mol. The molecule has 78 valence electrons. The Hall–Kier alpha value is -0.800. The maximum atomic E-state index is 13.3. The highest BCUT2D eigenvalue weighted by Gasteiger charge is 2.08. The van der Waals surface area contributed by atoms with Crippen LogP contribution < -0.4 is 10.5 Å². The van der Waals surface area contributed by atoms with Crippen molar-refractivity contribution in [3.05, 3.63) is 28.5 Å². The van der Waals surface area contributed by atoms with Crippen LogP contribution in [0.2, 0.25) is 5.02 Å². The van der Waals surface area contributed by atoms with E-state index in [0.29, 0.717) is 35.9 Å². The Bertz CT molecular complexity index is 285. The van der Waals surface area contributed by atoms with Crippen molar-refractivity contribution in [2.75, 3.05) is 13.2 Å². The van der Waals surface area contributed by atoms with E-state index in [1.165, 1.54) is 6.07 Å². The van der Waals surface area contributed by atoms with Gasteiger partial charge < -0.3 is 10.5 Å². The third kappa shape index (κ3) is 2.59. The van der Waals surface area contributed by atoms with Crippen molar-refractivity contribution >= 4 is 11.6 Å². The molecule has 14 heavy (non-hydrogen) atoms. The summed E-state index contributed by atoms with van der Waals surface area (Å²) in [4.78, 5) is 0. The third-order valence-electron chi connectivity index (χ3n) is 1.81. The molecule has 0 saturated carbocycles. The van der Waals surface area contributed by atoms with Crippen LogP contribution >= 0.6 is 11.6 Å². The van der Waals surface area contributed by atoms with E-state index in [1.807, 2.05) is 6.92 Å². The van der Waals surface area contributed by atoms with E-state index < -0.39 is 0 Å². The first-order chi connectivity index (χ1) is 6.69. The van der Waals surface area contributed by atoms with Crippen molar-refractivity contribution in [3.8, 4) is 5.75 Å². The number of rotatable bonds is 4. The SMILES string of the molecule is CCOc1cc(F)c(CCN)cc1Cl. The number of benzene rings is 1. The molecule has 1 aromatic carbocycles. The Morgan fingerprint density at radius 1 is 1.50 bits per heavy atom. The zero-order valence-corrected chi connectivity index (χ0v) is 8.77. The summed E-state index contributed by atoms with van der Waals surface area (Å²) in [6.45, 7) is 2.69. The maximum Gasteiger partial charge on any atom is 0.140 e. The molecule has 0 saturated heterocycles. The van der Waals surface area contributed by atoms with Gasteiger partial charge >= 0.3 is 0 Å². The fourth-order valence-electron chi connectivity index (χ4n) is 1.18. The molecule has 4 heteroatoms. The number of hydrogen-bond acceptors (Lipinski definition) is 2. The van der Waals surface area contributed by atoms with E-state index in [0.717, 1.165) is 0 Å². The molecule has 0 unspecified atom stereocenters. The van der Waals surface area contributed by atoms with Gasteiger partial charge in [0.2, 0.25) is 0 Å². The number of halogens is 2. The Kier molecular flexibility index (Phi) is 4.17. The van der Waals surface area contributed by atoms with Crippen LogP contribution in [0.15, 0.2) is 12.1 Å². The quantitative estimate of drug-likeness (QED) is 0.841. The zero-order valence-electron chi connectivity index (χ0n) is 8.02. The van der Waals surface area contributed by atoms with Crippen LogP contribution in [0.3, 0.4) is 0 Å². The van der Waals surface area contributed by atoms with Gasteiger partial charge in [0.25, 0.3) is 0 Å². The Labute approximate surface area is 87.8 Å². The smallest absolute Gasteiger partial charge is 0.140 e. The monoisotopic (exact) mass is 217 g/mol. The average molecular weight is 218 g/mol. The topological polar surface area (TPSA) is 35.2 Å². The van der Waals surface area contributed by atoms with E-state index in [9.17, 15) is 4.39 Å². The molecule has 0 aliphatic heterocycles. The summed E-state index contributed by atoms with van der Waals surface area (Å²) in [5.41, 5.74) is 5.86. The molecule has 0 aliphatic rings. The van der Waals surface area contributed by atoms with Crippen LogP contribution in [-0.4, -0.2) is 13.2 Å². The van der Waals surface area contributed by atoms with Crippen molar-refractivity contribution in [2.24, 2.45) is 5.73 Å². The van der Waals surface area contributed by atoms with Gasteiger partial charge in [0, 0.05) is 6.07 Å². The van der Waals surface area contributed by atoms with Crippen molar-refractivity contribution < 1.29 is 9.13 Å². The Morgan fingerprint density at radius 3 is 2.79 bits per heavy atom. The molecule has 2 nitrogen and oxygen atoms in total. The first-order valence-corrected chi connectivity index (χ1v) is 4.87. The van der Waals surface area contributed by atoms with E-state index in [1.54, 1.807) is 6.07 Å². The van der Waals surface area contributed by atoms with E-state index in [4.69, 9.17) is 22.1 Å². The third-order valence-corrected chi connectivity index (χ3v) is 2.11. The lowest BCUT2D eigenvalue weighted by atomic mass is 10.1. The highest BCUT2D eigenvalue weighted by Crippen LogP contribution is 2.27. The lowest BCUT2D eigenvalue weighted by Crippen LogP contribution is -2.05. The fourth-order valence-corrected chi connectivity index (χ4v) is 1.42. The van der Waals surface area contributed by atoms with Crippen LogP contribution in [0.25, 0.3) is 0 Å². The second kappa shape index (κ2) is 5.17. The van der Waals surface area contributed by atoms with Gasteiger partial charge in [-0.15, -0.1) is 0 Å². The first-order valence-electron chi connectivity index (χ1n) is 4.49. The summed E-state index contributed by atoms with van der Waals surface area (Å²) >= 11 is 5.88. The highest BCUT2D eigenvalue weighted by molar-refractivity contribution is 6.32. The number of nitrogens with two attached hydrogens (primary N) is 1. The van der Waals surface area contributed by atoms with Crippen molar-refractivity contribution in [2.45, 2.75) is 13.3 Å². The molecule has 0 amide bonds. The van der Waals surface area contributed by atoms with Crippen LogP contribution in [0.5, 0.6) is 5.75 Å². The molecule has 0 radical (unpaired) electrons. The molecule has 0 fully saturated rings. The normalized spacial score (nSPS) is 10.3. The van der Waals surface area contributed by atoms with Crippen molar-refractivity contribution in [3.63, 3.8) is 0 Å². The zero-order chi connectivity index (χ0) is 10.6. The predicted octanol–water partition coefficient (Wildman–Crippen LogP) is 2.38. The van der Waals surface area contributed by atoms with E-state index >= 15 is 0 Å². The van der Waals surface area contributed by atoms with Gasteiger partial charge in [-0.2, -0.15) is 0 Å². The minimum atomic E-state index is -0.316. The first kappa shape index (κ1) is 11.3. The van der Waals surface area contributed by atoms with E-state index in [-0.39, 0.29) is 5.82 Å². The van der Waals surface area contributed by atoms with Gasteiger partial charge in [0.1, 0.15) is 11.6 Å². The van der Waals surface area contributed by atoms with Crippen LogP contribution in [0.1, 0.15) is 12.5 Å². The molecule has 0 aromatic heterocycles. The Morgan fingerprint density at radius 2 is 2.21 bits per heavy atom. The molecule has 2 N–H and O–H groups in total. The van der Waals surface area contributed by atoms with Crippen LogP contribution in [-0.2, 0) is 6.42 Å². The fraction of sp³-hybridized carbons (Fsp3) is 0.400. The second-order valence-corrected chi connectivity index (χ2v) is 3.25. The highest BCUT2D eigenvalue weighted by atomic mass is 35.5. The van der Waals surface area contributed by atoms with Gasteiger partial charge in [-0.1, -0.05) is 11.6 Å². The molecule has 0 bridgehead atoms. The lowest BCUT2D eigenvalue weighted by Gasteiger charge is -2.08. The summed E-state index contributed by atoms with van der Waals surface area (Å²) in [6, 6.07) is 2.87. The Balaban J connectivity index is 2.97. The number of ether oxygens (including phenoxy) is 1. The van der Waals surface area contributed by atoms with Crippen molar-refractivity contribution in [1.82, 2.24) is 0 Å². The summed E-state index contributed by atoms with van der Waals surface area (Å²) in [5.74, 6) is 0.0655. The van der Waals surface area contributed by atoms with Crippen LogP contribution in [0.4, 0.5) is 4.39 Å². The maximum absolute atomic E-state index is 13.3. The van der Waals surface area contributed by atoms with Gasteiger partial charge in [-0.25, -0.2) is 4.39 Å². The molecule has 0 aliphatic carbocycles. The summed E-state index contributed by atoms with van der Waals surface area (Å²) in [5, 5.41) is 0.428. The lowest BCUT2D eigenvalue weighted by molar-refractivity contribution is 0.338. The summed E-state index contributed by atoms with van der Waals surface area (Å²) < 4.78 is 18.5. The molecule has 0 spiro atoms. The largest absolute Gasteiger partial charge is 0.492 e. The van der Waals surface area contributed by atoms with Gasteiger partial charge in [0.05, 0.1) is 11.6 Å². The van der Waals surface area contributed by atoms with Crippen molar-refractivity contribution in [1.29, 1.82) is 0 Å². The number of hydrogen-bond donors (Lipinski definition) is 1. The molecule has 0 atom stereocenters. The minimum absolute atomic E-state index is 0.316. The molecular formula is C10H13ClFNO. The molecule has 1 aromatic rings. The van der Waals surface area contributed by atoms with Gasteiger partial charge in [0.15, 0.2) is 0 Å².